The van der Waals surface area contributed by atoms with Crippen molar-refractivity contribution >= 4 is 51.9 Å². The summed E-state index contributed by atoms with van der Waals surface area (Å²) in [5.41, 5.74) is 8.26. The standard InChI is InChI=1S/C17H15Cl2N5/c1-24(11-6-3-2-4-7-11)17-15(20)16(21-10-22-17)23-13-9-5-8-12(18)14(13)19/h2-10H,20H2,1H3,(H,21,22,23). The van der Waals surface area contributed by atoms with Crippen LogP contribution in [0.5, 0.6) is 0 Å². The number of hydrogen-bond donors (Lipinski definition) is 2. The van der Waals surface area contributed by atoms with Gasteiger partial charge in [-0.2, -0.15) is 0 Å². The lowest BCUT2D eigenvalue weighted by Crippen LogP contribution is -2.15. The van der Waals surface area contributed by atoms with Gasteiger partial charge in [0.25, 0.3) is 0 Å². The van der Waals surface area contributed by atoms with Crippen LogP contribution in [-0.2, 0) is 0 Å². The molecule has 0 unspecified atom stereocenters. The van der Waals surface area contributed by atoms with Crippen LogP contribution in [0.2, 0.25) is 10.0 Å². The monoisotopic (exact) mass is 359 g/mol. The van der Waals surface area contributed by atoms with Crippen molar-refractivity contribution in [2.24, 2.45) is 0 Å². The van der Waals surface area contributed by atoms with Gasteiger partial charge in [0.05, 0.1) is 15.7 Å². The average molecular weight is 360 g/mol. The Morgan fingerprint density at radius 2 is 1.75 bits per heavy atom. The SMILES string of the molecule is CN(c1ccccc1)c1ncnc(Nc2cccc(Cl)c2Cl)c1N. The van der Waals surface area contributed by atoms with Crippen molar-refractivity contribution in [1.29, 1.82) is 0 Å². The van der Waals surface area contributed by atoms with Crippen LogP contribution in [0.25, 0.3) is 0 Å². The summed E-state index contributed by atoms with van der Waals surface area (Å²) < 4.78 is 0. The van der Waals surface area contributed by atoms with E-state index < -0.39 is 0 Å². The van der Waals surface area contributed by atoms with Crippen LogP contribution in [0, 0.1) is 0 Å². The molecule has 0 radical (unpaired) electrons. The van der Waals surface area contributed by atoms with E-state index in [1.165, 1.54) is 6.33 Å². The molecule has 3 aromatic rings. The van der Waals surface area contributed by atoms with Crippen LogP contribution in [0.3, 0.4) is 0 Å². The number of rotatable bonds is 4. The van der Waals surface area contributed by atoms with Crippen molar-refractivity contribution in [3.63, 3.8) is 0 Å². The molecule has 0 saturated heterocycles. The molecular weight excluding hydrogens is 345 g/mol. The Hall–Kier alpha value is -2.50. The summed E-state index contributed by atoms with van der Waals surface area (Å²) in [6.07, 6.45) is 1.45. The van der Waals surface area contributed by atoms with E-state index in [9.17, 15) is 0 Å². The number of nitrogen functional groups attached to an aromatic ring is 1. The average Bonchev–Trinajstić information content (AvgIpc) is 2.61. The molecule has 24 heavy (non-hydrogen) atoms. The Morgan fingerprint density at radius 3 is 2.50 bits per heavy atom. The Morgan fingerprint density at radius 1 is 1.00 bits per heavy atom. The van der Waals surface area contributed by atoms with E-state index in [4.69, 9.17) is 28.9 Å². The smallest absolute Gasteiger partial charge is 0.161 e. The van der Waals surface area contributed by atoms with E-state index in [-0.39, 0.29) is 0 Å². The largest absolute Gasteiger partial charge is 0.393 e. The minimum absolute atomic E-state index is 0.412. The van der Waals surface area contributed by atoms with E-state index in [2.05, 4.69) is 15.3 Å². The van der Waals surface area contributed by atoms with Crippen LogP contribution >= 0.6 is 23.2 Å². The zero-order chi connectivity index (χ0) is 17.1. The predicted octanol–water partition coefficient (Wildman–Crippen LogP) is 4.88. The van der Waals surface area contributed by atoms with Crippen LogP contribution in [-0.4, -0.2) is 17.0 Å². The highest BCUT2D eigenvalue weighted by atomic mass is 35.5. The lowest BCUT2D eigenvalue weighted by Gasteiger charge is -2.21. The van der Waals surface area contributed by atoms with E-state index in [0.717, 1.165) is 5.69 Å². The Kier molecular flexibility index (Phi) is 4.74. The first-order valence-electron chi connectivity index (χ1n) is 7.18. The van der Waals surface area contributed by atoms with Gasteiger partial charge in [0.15, 0.2) is 11.6 Å². The molecule has 0 bridgehead atoms. The number of benzene rings is 2. The molecule has 0 saturated carbocycles. The van der Waals surface area contributed by atoms with Crippen LogP contribution in [0.4, 0.5) is 28.7 Å². The number of para-hydroxylation sites is 1. The second-order valence-electron chi connectivity index (χ2n) is 5.08. The van der Waals surface area contributed by atoms with Gasteiger partial charge in [0, 0.05) is 12.7 Å². The third kappa shape index (κ3) is 3.22. The number of aromatic nitrogens is 2. The maximum absolute atomic E-state index is 6.25. The van der Waals surface area contributed by atoms with Crippen LogP contribution in [0.1, 0.15) is 0 Å². The fourth-order valence-electron chi connectivity index (χ4n) is 2.25. The molecule has 2 aromatic carbocycles. The van der Waals surface area contributed by atoms with Crippen molar-refractivity contribution in [2.45, 2.75) is 0 Å². The minimum Gasteiger partial charge on any atom is -0.393 e. The summed E-state index contributed by atoms with van der Waals surface area (Å²) in [5.74, 6) is 1.06. The second-order valence-corrected chi connectivity index (χ2v) is 5.87. The van der Waals surface area contributed by atoms with Crippen LogP contribution in [0.15, 0.2) is 54.9 Å². The molecule has 0 aliphatic rings. The summed E-state index contributed by atoms with van der Waals surface area (Å²) in [7, 11) is 1.89. The van der Waals surface area contributed by atoms with E-state index in [1.807, 2.05) is 42.3 Å². The lowest BCUT2D eigenvalue weighted by molar-refractivity contribution is 1.09. The molecule has 0 fully saturated rings. The molecule has 3 N–H and O–H groups in total. The first-order chi connectivity index (χ1) is 11.6. The molecule has 122 valence electrons. The first kappa shape index (κ1) is 16.4. The van der Waals surface area contributed by atoms with Gasteiger partial charge in [-0.15, -0.1) is 0 Å². The third-order valence-corrected chi connectivity index (χ3v) is 4.35. The van der Waals surface area contributed by atoms with Crippen molar-refractivity contribution in [3.8, 4) is 0 Å². The normalized spacial score (nSPS) is 10.5. The number of hydrogen-bond acceptors (Lipinski definition) is 5. The van der Waals surface area contributed by atoms with Gasteiger partial charge in [0.2, 0.25) is 0 Å². The molecular formula is C17H15Cl2N5. The van der Waals surface area contributed by atoms with E-state index >= 15 is 0 Å². The summed E-state index contributed by atoms with van der Waals surface area (Å²) >= 11 is 12.2. The van der Waals surface area contributed by atoms with Gasteiger partial charge in [-0.3, -0.25) is 0 Å². The highest BCUT2D eigenvalue weighted by molar-refractivity contribution is 6.43. The van der Waals surface area contributed by atoms with Crippen molar-refractivity contribution in [3.05, 3.63) is 64.9 Å². The van der Waals surface area contributed by atoms with Crippen molar-refractivity contribution in [1.82, 2.24) is 9.97 Å². The number of nitrogens with two attached hydrogens (primary N) is 1. The third-order valence-electron chi connectivity index (χ3n) is 3.53. The minimum atomic E-state index is 0.412. The molecule has 0 aliphatic carbocycles. The fourth-order valence-corrected chi connectivity index (χ4v) is 2.60. The summed E-state index contributed by atoms with van der Waals surface area (Å²) in [4.78, 5) is 10.4. The lowest BCUT2D eigenvalue weighted by atomic mass is 10.2. The van der Waals surface area contributed by atoms with Gasteiger partial charge in [-0.05, 0) is 24.3 Å². The topological polar surface area (TPSA) is 67.1 Å². The number of nitrogens with one attached hydrogen (secondary N) is 1. The molecule has 0 spiro atoms. The molecule has 7 heteroatoms. The molecule has 0 aliphatic heterocycles. The Balaban J connectivity index is 1.95. The Bertz CT molecular complexity index is 855. The molecule has 1 heterocycles. The van der Waals surface area contributed by atoms with Gasteiger partial charge in [-0.1, -0.05) is 47.5 Å². The molecule has 0 amide bonds. The predicted molar refractivity (Wildman–Crippen MR) is 101 cm³/mol. The highest BCUT2D eigenvalue weighted by Gasteiger charge is 2.14. The summed E-state index contributed by atoms with van der Waals surface area (Å²) in [6, 6.07) is 15.1. The number of anilines is 5. The zero-order valence-electron chi connectivity index (χ0n) is 12.9. The van der Waals surface area contributed by atoms with Gasteiger partial charge in [-0.25, -0.2) is 9.97 Å². The van der Waals surface area contributed by atoms with E-state index in [0.29, 0.717) is 33.1 Å². The maximum Gasteiger partial charge on any atom is 0.161 e. The quantitative estimate of drug-likeness (QED) is 0.694. The van der Waals surface area contributed by atoms with Gasteiger partial charge in [0.1, 0.15) is 12.0 Å². The second kappa shape index (κ2) is 6.95. The number of nitrogens with zero attached hydrogens (tertiary/aromatic N) is 3. The molecule has 1 aromatic heterocycles. The van der Waals surface area contributed by atoms with Crippen molar-refractivity contribution in [2.75, 3.05) is 23.0 Å². The molecule has 3 rings (SSSR count). The highest BCUT2D eigenvalue weighted by Crippen LogP contribution is 2.35. The fraction of sp³-hybridized carbons (Fsp3) is 0.0588. The van der Waals surface area contributed by atoms with Crippen molar-refractivity contribution < 1.29 is 0 Å². The maximum atomic E-state index is 6.25. The summed E-state index contributed by atoms with van der Waals surface area (Å²) in [5, 5.41) is 3.98. The number of halogens is 2. The first-order valence-corrected chi connectivity index (χ1v) is 7.94. The Labute approximate surface area is 150 Å². The molecule has 0 atom stereocenters. The summed E-state index contributed by atoms with van der Waals surface area (Å²) in [6.45, 7) is 0. The zero-order valence-corrected chi connectivity index (χ0v) is 14.4. The molecule has 5 nitrogen and oxygen atoms in total. The van der Waals surface area contributed by atoms with Crippen LogP contribution < -0.4 is 16.0 Å². The van der Waals surface area contributed by atoms with Gasteiger partial charge >= 0.3 is 0 Å². The van der Waals surface area contributed by atoms with Gasteiger partial charge < -0.3 is 16.0 Å². The van der Waals surface area contributed by atoms with E-state index in [1.54, 1.807) is 18.2 Å².